The van der Waals surface area contributed by atoms with E-state index in [-0.39, 0.29) is 25.3 Å². The smallest absolute Gasteiger partial charge is 0.305 e. The molecule has 1 amide bonds. The number of aromatic amines is 1. The Balaban J connectivity index is 1.91. The van der Waals surface area contributed by atoms with Gasteiger partial charge in [-0.25, -0.2) is 0 Å². The summed E-state index contributed by atoms with van der Waals surface area (Å²) >= 11 is 0. The average molecular weight is 396 g/mol. The van der Waals surface area contributed by atoms with Crippen LogP contribution in [0.5, 0.6) is 11.5 Å². The molecule has 0 fully saturated rings. The number of carboxylic acids is 1. The number of methoxy groups -OCH3 is 2. The second-order valence-electron chi connectivity index (χ2n) is 6.58. The summed E-state index contributed by atoms with van der Waals surface area (Å²) in [7, 11) is 3.21. The minimum Gasteiger partial charge on any atom is -0.497 e. The van der Waals surface area contributed by atoms with Gasteiger partial charge < -0.3 is 24.9 Å². The van der Waals surface area contributed by atoms with Gasteiger partial charge in [0.1, 0.15) is 11.5 Å². The summed E-state index contributed by atoms with van der Waals surface area (Å²) in [5, 5.41) is 12.4. The molecular formula is C22H24N2O5. The number of H-pyrrole nitrogens is 1. The van der Waals surface area contributed by atoms with Gasteiger partial charge in [0.15, 0.2) is 0 Å². The Morgan fingerprint density at radius 3 is 2.59 bits per heavy atom. The fraction of sp³-hybridized carbons (Fsp3) is 0.273. The van der Waals surface area contributed by atoms with E-state index in [1.54, 1.807) is 14.2 Å². The van der Waals surface area contributed by atoms with Gasteiger partial charge in [0.05, 0.1) is 26.3 Å². The summed E-state index contributed by atoms with van der Waals surface area (Å²) in [6.07, 6.45) is 0.674. The lowest BCUT2D eigenvalue weighted by Crippen LogP contribution is -2.26. The molecule has 3 aromatic rings. The van der Waals surface area contributed by atoms with E-state index in [4.69, 9.17) is 14.6 Å². The highest BCUT2D eigenvalue weighted by Gasteiger charge is 2.18. The molecule has 0 radical (unpaired) electrons. The van der Waals surface area contributed by atoms with Crippen LogP contribution in [0.4, 0.5) is 0 Å². The molecule has 7 nitrogen and oxygen atoms in total. The molecule has 3 N–H and O–H groups in total. The van der Waals surface area contributed by atoms with E-state index in [0.717, 1.165) is 27.7 Å². The highest BCUT2D eigenvalue weighted by atomic mass is 16.5. The number of hydrogen-bond donors (Lipinski definition) is 3. The first-order valence-electron chi connectivity index (χ1n) is 9.34. The fourth-order valence-corrected chi connectivity index (χ4v) is 3.33. The average Bonchev–Trinajstić information content (AvgIpc) is 3.09. The SMILES string of the molecule is COc1ccc(-c2[nH]c3ccccc3c2CCC(=O)NCCC(=O)O)c(OC)c1. The van der Waals surface area contributed by atoms with Crippen LogP contribution in [0.2, 0.25) is 0 Å². The maximum Gasteiger partial charge on any atom is 0.305 e. The van der Waals surface area contributed by atoms with Gasteiger partial charge in [-0.3, -0.25) is 9.59 Å². The Morgan fingerprint density at radius 2 is 1.86 bits per heavy atom. The summed E-state index contributed by atoms with van der Waals surface area (Å²) in [4.78, 5) is 26.2. The first-order chi connectivity index (χ1) is 14.0. The monoisotopic (exact) mass is 396 g/mol. The standard InChI is InChI=1S/C22H24N2O5/c1-28-14-7-8-17(19(13-14)29-2)22-16(15-5-3-4-6-18(15)24-22)9-10-20(25)23-12-11-21(26)27/h3-8,13,24H,9-12H2,1-2H3,(H,23,25)(H,26,27). The summed E-state index contributed by atoms with van der Waals surface area (Å²) in [5.41, 5.74) is 3.76. The van der Waals surface area contributed by atoms with Crippen LogP contribution in [0, 0.1) is 0 Å². The number of hydrogen-bond acceptors (Lipinski definition) is 4. The van der Waals surface area contributed by atoms with Gasteiger partial charge in [0.25, 0.3) is 0 Å². The van der Waals surface area contributed by atoms with Crippen molar-refractivity contribution in [1.82, 2.24) is 10.3 Å². The van der Waals surface area contributed by atoms with Crippen molar-refractivity contribution in [2.24, 2.45) is 0 Å². The van der Waals surface area contributed by atoms with Crippen molar-refractivity contribution in [3.8, 4) is 22.8 Å². The van der Waals surface area contributed by atoms with Crippen LogP contribution in [0.3, 0.4) is 0 Å². The van der Waals surface area contributed by atoms with Gasteiger partial charge in [-0.1, -0.05) is 18.2 Å². The first kappa shape index (κ1) is 20.3. The number of aryl methyl sites for hydroxylation is 1. The summed E-state index contributed by atoms with van der Waals surface area (Å²) in [5.74, 6) is 0.254. The number of aliphatic carboxylic acids is 1. The lowest BCUT2D eigenvalue weighted by Gasteiger charge is -2.12. The molecule has 0 bridgehead atoms. The lowest BCUT2D eigenvalue weighted by atomic mass is 10.00. The Kier molecular flexibility index (Phi) is 6.39. The third-order valence-electron chi connectivity index (χ3n) is 4.75. The van der Waals surface area contributed by atoms with E-state index in [2.05, 4.69) is 10.3 Å². The zero-order valence-electron chi connectivity index (χ0n) is 16.5. The van der Waals surface area contributed by atoms with Gasteiger partial charge in [-0.2, -0.15) is 0 Å². The van der Waals surface area contributed by atoms with Crippen molar-refractivity contribution in [2.75, 3.05) is 20.8 Å². The zero-order chi connectivity index (χ0) is 20.8. The topological polar surface area (TPSA) is 101 Å². The predicted molar refractivity (Wildman–Crippen MR) is 110 cm³/mol. The van der Waals surface area contributed by atoms with Crippen LogP contribution in [0.1, 0.15) is 18.4 Å². The molecule has 3 rings (SSSR count). The highest BCUT2D eigenvalue weighted by molar-refractivity contribution is 5.92. The second-order valence-corrected chi connectivity index (χ2v) is 6.58. The summed E-state index contributed by atoms with van der Waals surface area (Å²) in [6.45, 7) is 0.126. The molecule has 0 unspecified atom stereocenters. The molecule has 0 saturated carbocycles. The lowest BCUT2D eigenvalue weighted by molar-refractivity contribution is -0.136. The molecule has 0 saturated heterocycles. The molecule has 0 aliphatic heterocycles. The Labute approximate surface area is 168 Å². The van der Waals surface area contributed by atoms with Crippen LogP contribution in [-0.2, 0) is 16.0 Å². The third-order valence-corrected chi connectivity index (χ3v) is 4.75. The van der Waals surface area contributed by atoms with Gasteiger partial charge in [0, 0.05) is 35.5 Å². The van der Waals surface area contributed by atoms with E-state index in [1.165, 1.54) is 0 Å². The van der Waals surface area contributed by atoms with Crippen molar-refractivity contribution in [2.45, 2.75) is 19.3 Å². The zero-order valence-corrected chi connectivity index (χ0v) is 16.5. The maximum absolute atomic E-state index is 12.2. The van der Waals surface area contributed by atoms with E-state index in [1.807, 2.05) is 42.5 Å². The number of carbonyl (C=O) groups is 2. The van der Waals surface area contributed by atoms with Gasteiger partial charge >= 0.3 is 5.97 Å². The molecule has 7 heteroatoms. The number of carbonyl (C=O) groups excluding carboxylic acids is 1. The number of carboxylic acid groups (broad SMARTS) is 1. The summed E-state index contributed by atoms with van der Waals surface area (Å²) in [6, 6.07) is 13.5. The molecule has 0 atom stereocenters. The largest absolute Gasteiger partial charge is 0.497 e. The summed E-state index contributed by atoms with van der Waals surface area (Å²) < 4.78 is 10.8. The Hall–Kier alpha value is -3.48. The minimum atomic E-state index is -0.934. The minimum absolute atomic E-state index is 0.0902. The molecule has 1 aromatic heterocycles. The first-order valence-corrected chi connectivity index (χ1v) is 9.34. The molecule has 1 heterocycles. The van der Waals surface area contributed by atoms with Crippen molar-refractivity contribution in [3.05, 3.63) is 48.0 Å². The van der Waals surface area contributed by atoms with Gasteiger partial charge in [0.2, 0.25) is 5.91 Å². The van der Waals surface area contributed by atoms with Crippen molar-refractivity contribution in [3.63, 3.8) is 0 Å². The number of fused-ring (bicyclic) bond motifs is 1. The molecule has 0 aliphatic carbocycles. The number of para-hydroxylation sites is 1. The Morgan fingerprint density at radius 1 is 1.07 bits per heavy atom. The molecule has 2 aromatic carbocycles. The number of nitrogens with one attached hydrogen (secondary N) is 2. The number of benzene rings is 2. The van der Waals surface area contributed by atoms with Crippen LogP contribution < -0.4 is 14.8 Å². The molecule has 152 valence electrons. The third kappa shape index (κ3) is 4.68. The number of amides is 1. The van der Waals surface area contributed by atoms with Crippen molar-refractivity contribution in [1.29, 1.82) is 0 Å². The number of aromatic nitrogens is 1. The molecule has 29 heavy (non-hydrogen) atoms. The fourth-order valence-electron chi connectivity index (χ4n) is 3.33. The molecule has 0 aliphatic rings. The normalized spacial score (nSPS) is 10.7. The van der Waals surface area contributed by atoms with Crippen LogP contribution >= 0.6 is 0 Å². The van der Waals surface area contributed by atoms with Crippen LogP contribution in [0.25, 0.3) is 22.2 Å². The predicted octanol–water partition coefficient (Wildman–Crippen LogP) is 3.38. The second kappa shape index (κ2) is 9.14. The van der Waals surface area contributed by atoms with E-state index in [9.17, 15) is 9.59 Å². The van der Waals surface area contributed by atoms with Crippen molar-refractivity contribution < 1.29 is 24.2 Å². The van der Waals surface area contributed by atoms with Crippen molar-refractivity contribution >= 4 is 22.8 Å². The van der Waals surface area contributed by atoms with Crippen LogP contribution in [0.15, 0.2) is 42.5 Å². The quantitative estimate of drug-likeness (QED) is 0.515. The van der Waals surface area contributed by atoms with Crippen LogP contribution in [-0.4, -0.2) is 42.7 Å². The molecule has 0 spiro atoms. The van der Waals surface area contributed by atoms with E-state index < -0.39 is 5.97 Å². The number of ether oxygens (including phenoxy) is 2. The number of rotatable bonds is 9. The van der Waals surface area contributed by atoms with E-state index >= 15 is 0 Å². The maximum atomic E-state index is 12.2. The molecular weight excluding hydrogens is 372 g/mol. The van der Waals surface area contributed by atoms with Gasteiger partial charge in [-0.05, 0) is 30.2 Å². The highest BCUT2D eigenvalue weighted by Crippen LogP contribution is 2.38. The van der Waals surface area contributed by atoms with Gasteiger partial charge in [-0.15, -0.1) is 0 Å². The van der Waals surface area contributed by atoms with E-state index in [0.29, 0.717) is 17.9 Å². The Bertz CT molecular complexity index is 1030.